The van der Waals surface area contributed by atoms with Crippen LogP contribution in [0.3, 0.4) is 0 Å². The lowest BCUT2D eigenvalue weighted by molar-refractivity contribution is -0.137. The van der Waals surface area contributed by atoms with Crippen LogP contribution < -0.4 is 16.0 Å². The number of carbonyl (C=O) groups excluding carboxylic acids is 1. The molecule has 2 aliphatic heterocycles. The maximum Gasteiger partial charge on any atom is 0.416 e. The summed E-state index contributed by atoms with van der Waals surface area (Å²) < 4.78 is 89.1. The molecule has 1 aromatic heterocycles. The number of amides is 1. The monoisotopic (exact) mass is 532 g/mol. The maximum absolute atomic E-state index is 15.5. The first-order valence-corrected chi connectivity index (χ1v) is 11.6. The number of likely N-dealkylation sites (tertiary alicyclic amines) is 1. The fourth-order valence-electron chi connectivity index (χ4n) is 4.61. The number of rotatable bonds is 7. The third-order valence-corrected chi connectivity index (χ3v) is 6.53. The molecule has 8 nitrogen and oxygen atoms in total. The van der Waals surface area contributed by atoms with Gasteiger partial charge in [0.05, 0.1) is 31.4 Å². The number of morpholine rings is 1. The first kappa shape index (κ1) is 26.9. The highest BCUT2D eigenvalue weighted by Crippen LogP contribution is 2.36. The van der Waals surface area contributed by atoms with Crippen LogP contribution in [0.25, 0.3) is 0 Å². The second-order valence-corrected chi connectivity index (χ2v) is 9.03. The number of hydrogen-bond acceptors (Lipinski definition) is 7. The molecule has 14 heteroatoms. The van der Waals surface area contributed by atoms with Crippen molar-refractivity contribution < 1.29 is 35.9 Å². The Hall–Kier alpha value is -3.13. The maximum atomic E-state index is 15.5. The fraction of sp³-hybridized carbons (Fsp3) is 0.522. The van der Waals surface area contributed by atoms with Crippen molar-refractivity contribution in [3.63, 3.8) is 0 Å². The van der Waals surface area contributed by atoms with Gasteiger partial charge in [0, 0.05) is 31.1 Å². The lowest BCUT2D eigenvalue weighted by Crippen LogP contribution is -2.46. The zero-order valence-corrected chi connectivity index (χ0v) is 19.6. The first-order chi connectivity index (χ1) is 17.5. The Morgan fingerprint density at radius 1 is 1.22 bits per heavy atom. The average molecular weight is 532 g/mol. The average Bonchev–Trinajstić information content (AvgIpc) is 2.83. The second kappa shape index (κ2) is 11.1. The summed E-state index contributed by atoms with van der Waals surface area (Å²) in [6.07, 6.45) is -4.46. The summed E-state index contributed by atoms with van der Waals surface area (Å²) in [4.78, 5) is 22.0. The fourth-order valence-corrected chi connectivity index (χ4v) is 4.61. The van der Waals surface area contributed by atoms with Gasteiger partial charge in [-0.25, -0.2) is 18.7 Å². The minimum atomic E-state index is -4.71. The molecule has 2 aliphatic rings. The molecule has 0 spiro atoms. The van der Waals surface area contributed by atoms with Gasteiger partial charge >= 0.3 is 6.18 Å². The predicted octanol–water partition coefficient (Wildman–Crippen LogP) is 2.91. The lowest BCUT2D eigenvalue weighted by Gasteiger charge is -2.37. The molecule has 2 fully saturated rings. The predicted molar refractivity (Wildman–Crippen MR) is 121 cm³/mol. The Morgan fingerprint density at radius 3 is 2.68 bits per heavy atom. The van der Waals surface area contributed by atoms with Crippen LogP contribution in [-0.4, -0.2) is 72.9 Å². The topological polar surface area (TPSA) is 96.6 Å². The van der Waals surface area contributed by atoms with Crippen LogP contribution in [0.15, 0.2) is 24.5 Å². The largest absolute Gasteiger partial charge is 0.416 e. The molecular weight excluding hydrogens is 506 g/mol. The number of ether oxygens (including phenoxy) is 1. The van der Waals surface area contributed by atoms with Gasteiger partial charge < -0.3 is 20.7 Å². The highest BCUT2D eigenvalue weighted by molar-refractivity contribution is 5.75. The van der Waals surface area contributed by atoms with E-state index in [9.17, 15) is 26.7 Å². The molecule has 1 amide bonds. The molecule has 0 saturated carbocycles. The number of nitrogens with zero attached hydrogens (tertiary/aromatic N) is 4. The van der Waals surface area contributed by atoms with Crippen LogP contribution in [0.5, 0.6) is 0 Å². The molecule has 202 valence electrons. The summed E-state index contributed by atoms with van der Waals surface area (Å²) in [5, 5.41) is 2.80. The van der Waals surface area contributed by atoms with Crippen LogP contribution in [0.1, 0.15) is 23.6 Å². The molecule has 37 heavy (non-hydrogen) atoms. The zero-order chi connectivity index (χ0) is 26.7. The molecule has 1 aromatic carbocycles. The van der Waals surface area contributed by atoms with Crippen molar-refractivity contribution in [1.29, 1.82) is 0 Å². The van der Waals surface area contributed by atoms with E-state index in [2.05, 4.69) is 15.3 Å². The van der Waals surface area contributed by atoms with Crippen LogP contribution in [0, 0.1) is 17.6 Å². The third-order valence-electron chi connectivity index (χ3n) is 6.53. The number of halogens is 6. The van der Waals surface area contributed by atoms with E-state index in [1.807, 2.05) is 0 Å². The summed E-state index contributed by atoms with van der Waals surface area (Å²) in [5.41, 5.74) is 3.93. The number of primary amides is 1. The van der Waals surface area contributed by atoms with Crippen LogP contribution in [0.4, 0.5) is 38.0 Å². The van der Waals surface area contributed by atoms with Crippen LogP contribution >= 0.6 is 0 Å². The number of alkyl halides is 4. The van der Waals surface area contributed by atoms with E-state index in [1.165, 1.54) is 4.90 Å². The zero-order valence-electron chi connectivity index (χ0n) is 19.6. The molecule has 3 heterocycles. The Labute approximate surface area is 208 Å². The molecule has 2 saturated heterocycles. The molecule has 2 unspecified atom stereocenters. The Morgan fingerprint density at radius 2 is 2.00 bits per heavy atom. The Kier molecular flexibility index (Phi) is 8.07. The van der Waals surface area contributed by atoms with Crippen molar-refractivity contribution in [2.45, 2.75) is 24.8 Å². The van der Waals surface area contributed by atoms with Gasteiger partial charge in [-0.15, -0.1) is 0 Å². The van der Waals surface area contributed by atoms with Crippen LogP contribution in [-0.2, 0) is 15.7 Å². The minimum absolute atomic E-state index is 0.0287. The lowest BCUT2D eigenvalue weighted by atomic mass is 9.95. The van der Waals surface area contributed by atoms with E-state index in [4.69, 9.17) is 10.5 Å². The van der Waals surface area contributed by atoms with Crippen molar-refractivity contribution >= 4 is 17.5 Å². The summed E-state index contributed by atoms with van der Waals surface area (Å²) >= 11 is 0. The van der Waals surface area contributed by atoms with Crippen molar-refractivity contribution in [2.75, 3.05) is 56.2 Å². The standard InChI is InChI=1S/C23H26F6N6O2/c24-16-7-14(23(27,28)29)1-2-15(16)18-11-37-6-5-35(18)22-20(26)21(32-12-33-22)31-8-13-3-4-34(9-17(13)25)10-19(30)36/h1-2,7,12-13,17-18H,3-6,8-11H2,(H2,30,36)(H,31,32,33)/t13?,17?,18-/m1/s1. The van der Waals surface area contributed by atoms with E-state index >= 15 is 4.39 Å². The number of piperidine rings is 1. The van der Waals surface area contributed by atoms with Crippen molar-refractivity contribution in [3.8, 4) is 0 Å². The molecule has 0 radical (unpaired) electrons. The Bertz CT molecular complexity index is 1120. The van der Waals surface area contributed by atoms with Gasteiger partial charge in [0.25, 0.3) is 0 Å². The molecule has 0 aliphatic carbocycles. The molecular formula is C23H26F6N6O2. The normalized spacial score (nSPS) is 23.2. The van der Waals surface area contributed by atoms with Gasteiger partial charge in [-0.05, 0) is 25.1 Å². The van der Waals surface area contributed by atoms with Crippen LogP contribution in [0.2, 0.25) is 0 Å². The highest BCUT2D eigenvalue weighted by atomic mass is 19.4. The number of anilines is 2. The van der Waals surface area contributed by atoms with Crippen molar-refractivity contribution in [3.05, 3.63) is 47.3 Å². The number of aromatic nitrogens is 2. The smallest absolute Gasteiger partial charge is 0.377 e. The summed E-state index contributed by atoms with van der Waals surface area (Å²) in [5.74, 6) is -3.33. The van der Waals surface area contributed by atoms with Crippen molar-refractivity contribution in [1.82, 2.24) is 14.9 Å². The quantitative estimate of drug-likeness (QED) is 0.530. The summed E-state index contributed by atoms with van der Waals surface area (Å²) in [7, 11) is 0. The molecule has 3 N–H and O–H groups in total. The summed E-state index contributed by atoms with van der Waals surface area (Å²) in [6.45, 7) is 0.690. The van der Waals surface area contributed by atoms with E-state index in [-0.39, 0.29) is 56.6 Å². The highest BCUT2D eigenvalue weighted by Gasteiger charge is 2.35. The molecule has 4 rings (SSSR count). The molecule has 2 aromatic rings. The molecule has 3 atom stereocenters. The van der Waals surface area contributed by atoms with E-state index in [0.717, 1.165) is 18.5 Å². The Balaban J connectivity index is 1.49. The number of carbonyl (C=O) groups is 1. The van der Waals surface area contributed by atoms with Gasteiger partial charge in [-0.2, -0.15) is 17.6 Å². The van der Waals surface area contributed by atoms with E-state index < -0.39 is 47.4 Å². The number of hydrogen-bond donors (Lipinski definition) is 2. The second-order valence-electron chi connectivity index (χ2n) is 9.03. The van der Waals surface area contributed by atoms with Crippen molar-refractivity contribution in [2.24, 2.45) is 11.7 Å². The minimum Gasteiger partial charge on any atom is -0.377 e. The van der Waals surface area contributed by atoms with Gasteiger partial charge in [0.2, 0.25) is 11.7 Å². The third kappa shape index (κ3) is 6.24. The molecule has 0 bridgehead atoms. The number of nitrogens with one attached hydrogen (secondary N) is 1. The van der Waals surface area contributed by atoms with Gasteiger partial charge in [-0.1, -0.05) is 6.07 Å². The van der Waals surface area contributed by atoms with Gasteiger partial charge in [-0.3, -0.25) is 9.69 Å². The van der Waals surface area contributed by atoms with E-state index in [0.29, 0.717) is 19.0 Å². The first-order valence-electron chi connectivity index (χ1n) is 11.6. The SMILES string of the molecule is NC(=O)CN1CCC(CNc2ncnc(N3CCOC[C@@H]3c3ccc(C(F)(F)F)cc3F)c2F)C(F)C1. The van der Waals surface area contributed by atoms with Gasteiger partial charge in [0.1, 0.15) is 18.3 Å². The van der Waals surface area contributed by atoms with E-state index in [1.54, 1.807) is 4.90 Å². The summed E-state index contributed by atoms with van der Waals surface area (Å²) in [6, 6.07) is 1.23. The van der Waals surface area contributed by atoms with Gasteiger partial charge in [0.15, 0.2) is 11.6 Å². The number of benzene rings is 1. The number of nitrogens with two attached hydrogens (primary N) is 1.